The zero-order chi connectivity index (χ0) is 21.4. The number of anilines is 1. The largest absolute Gasteiger partial charge is 0.489 e. The smallest absolute Gasteiger partial charge is 0.266 e. The van der Waals surface area contributed by atoms with E-state index in [0.29, 0.717) is 28.1 Å². The van der Waals surface area contributed by atoms with Crippen LogP contribution in [0.15, 0.2) is 78.1 Å². The van der Waals surface area contributed by atoms with Crippen molar-refractivity contribution in [3.05, 3.63) is 78.8 Å². The summed E-state index contributed by atoms with van der Waals surface area (Å²) in [5.74, 6) is 0.447. The van der Waals surface area contributed by atoms with Gasteiger partial charge in [-0.2, -0.15) is 5.26 Å². The van der Waals surface area contributed by atoms with E-state index in [1.165, 1.54) is 10.5 Å². The number of aromatic nitrogens is 2. The van der Waals surface area contributed by atoms with Gasteiger partial charge >= 0.3 is 0 Å². The maximum absolute atomic E-state index is 13.7. The molecule has 31 heavy (non-hydrogen) atoms. The maximum Gasteiger partial charge on any atom is 0.266 e. The summed E-state index contributed by atoms with van der Waals surface area (Å²) in [4.78, 5) is 8.71. The molecule has 0 bridgehead atoms. The molecule has 1 aliphatic heterocycles. The molecule has 1 aliphatic rings. The fourth-order valence-electron chi connectivity index (χ4n) is 3.70. The lowest BCUT2D eigenvalue weighted by atomic mass is 10.0. The summed E-state index contributed by atoms with van der Waals surface area (Å²) in [6.07, 6.45) is 4.72. The molecule has 2 aromatic heterocycles. The van der Waals surface area contributed by atoms with E-state index >= 15 is 0 Å². The van der Waals surface area contributed by atoms with Gasteiger partial charge in [0.2, 0.25) is 0 Å². The summed E-state index contributed by atoms with van der Waals surface area (Å²) < 4.78 is 34.5. The first-order chi connectivity index (χ1) is 15.1. The van der Waals surface area contributed by atoms with E-state index < -0.39 is 10.0 Å². The summed E-state index contributed by atoms with van der Waals surface area (Å²) in [5, 5.41) is 9.78. The first kappa shape index (κ1) is 19.0. The number of benzene rings is 2. The molecule has 0 saturated heterocycles. The van der Waals surface area contributed by atoms with Crippen LogP contribution in [0.2, 0.25) is 0 Å². The third kappa shape index (κ3) is 3.16. The Morgan fingerprint density at radius 2 is 1.84 bits per heavy atom. The van der Waals surface area contributed by atoms with E-state index in [4.69, 9.17) is 10.00 Å². The highest BCUT2D eigenvalue weighted by Crippen LogP contribution is 2.42. The minimum atomic E-state index is -3.90. The van der Waals surface area contributed by atoms with Crippen molar-refractivity contribution >= 4 is 26.6 Å². The van der Waals surface area contributed by atoms with E-state index in [1.807, 2.05) is 12.1 Å². The number of pyridine rings is 2. The summed E-state index contributed by atoms with van der Waals surface area (Å²) in [6, 6.07) is 17.8. The van der Waals surface area contributed by atoms with Crippen molar-refractivity contribution in [2.45, 2.75) is 4.90 Å². The lowest BCUT2D eigenvalue weighted by molar-refractivity contribution is 0.316. The van der Waals surface area contributed by atoms with Crippen molar-refractivity contribution in [2.75, 3.05) is 17.5 Å². The molecule has 152 valence electrons. The average molecular weight is 428 g/mol. The quantitative estimate of drug-likeness (QED) is 0.493. The van der Waals surface area contributed by atoms with Crippen LogP contribution in [0, 0.1) is 11.3 Å². The second-order valence-corrected chi connectivity index (χ2v) is 8.81. The van der Waals surface area contributed by atoms with Gasteiger partial charge in [-0.25, -0.2) is 8.42 Å². The number of para-hydroxylation sites is 1. The van der Waals surface area contributed by atoms with E-state index in [1.54, 1.807) is 54.9 Å². The molecule has 0 amide bonds. The number of rotatable bonds is 3. The Morgan fingerprint density at radius 1 is 1.03 bits per heavy atom. The van der Waals surface area contributed by atoms with Gasteiger partial charge < -0.3 is 4.74 Å². The minimum absolute atomic E-state index is 0.141. The fourth-order valence-corrected chi connectivity index (χ4v) is 5.31. The predicted octanol–water partition coefficient (Wildman–Crippen LogP) is 3.76. The van der Waals surface area contributed by atoms with Crippen molar-refractivity contribution in [3.63, 3.8) is 0 Å². The Labute approximate surface area is 179 Å². The third-order valence-electron chi connectivity index (χ3n) is 5.18. The van der Waals surface area contributed by atoms with E-state index in [-0.39, 0.29) is 18.0 Å². The van der Waals surface area contributed by atoms with Crippen LogP contribution in [0.25, 0.3) is 22.0 Å². The molecule has 0 spiro atoms. The van der Waals surface area contributed by atoms with Crippen LogP contribution in [0.3, 0.4) is 0 Å². The second kappa shape index (κ2) is 7.38. The standard InChI is InChI=1S/C23H16N4O3S/c24-13-16-6-8-17(9-7-16)19-14-25-15-20-23(19)30-12-11-27(20)31(28,29)21-5-1-3-18-4-2-10-26-22(18)21/h1-10,14-15H,11-12H2. The Morgan fingerprint density at radius 3 is 2.65 bits per heavy atom. The number of hydrogen-bond acceptors (Lipinski definition) is 6. The molecule has 2 aromatic carbocycles. The Hall–Kier alpha value is -3.96. The topological polar surface area (TPSA) is 96.2 Å². The first-order valence-electron chi connectivity index (χ1n) is 9.57. The van der Waals surface area contributed by atoms with Crippen LogP contribution >= 0.6 is 0 Å². The van der Waals surface area contributed by atoms with Gasteiger partial charge in [-0.15, -0.1) is 0 Å². The van der Waals surface area contributed by atoms with Crippen LogP contribution in [-0.2, 0) is 10.0 Å². The molecule has 0 atom stereocenters. The minimum Gasteiger partial charge on any atom is -0.489 e. The van der Waals surface area contributed by atoms with Gasteiger partial charge in [0.05, 0.1) is 29.9 Å². The molecule has 0 N–H and O–H groups in total. The molecule has 4 aromatic rings. The second-order valence-electron chi connectivity index (χ2n) is 6.98. The summed E-state index contributed by atoms with van der Waals surface area (Å²) in [5.41, 5.74) is 2.79. The maximum atomic E-state index is 13.7. The average Bonchev–Trinajstić information content (AvgIpc) is 2.83. The SMILES string of the molecule is N#Cc1ccc(-c2cncc3c2OCCN3S(=O)(=O)c2cccc3cccnc23)cc1. The van der Waals surface area contributed by atoms with E-state index in [9.17, 15) is 8.42 Å². The molecule has 0 aliphatic carbocycles. The van der Waals surface area contributed by atoms with Crippen molar-refractivity contribution in [3.8, 4) is 22.9 Å². The van der Waals surface area contributed by atoms with Gasteiger partial charge in [0.15, 0.2) is 5.75 Å². The Kier molecular flexibility index (Phi) is 4.53. The van der Waals surface area contributed by atoms with Gasteiger partial charge in [0.1, 0.15) is 17.2 Å². The Balaban J connectivity index is 1.64. The van der Waals surface area contributed by atoms with Crippen LogP contribution < -0.4 is 9.04 Å². The molecular formula is C23H16N4O3S. The number of fused-ring (bicyclic) bond motifs is 2. The number of nitriles is 1. The number of nitrogens with zero attached hydrogens (tertiary/aromatic N) is 4. The predicted molar refractivity (Wildman–Crippen MR) is 116 cm³/mol. The molecule has 0 saturated carbocycles. The van der Waals surface area contributed by atoms with Crippen molar-refractivity contribution in [2.24, 2.45) is 0 Å². The van der Waals surface area contributed by atoms with Gasteiger partial charge in [0.25, 0.3) is 10.0 Å². The zero-order valence-corrected chi connectivity index (χ0v) is 17.1. The molecule has 0 radical (unpaired) electrons. The van der Waals surface area contributed by atoms with Crippen molar-refractivity contribution < 1.29 is 13.2 Å². The highest BCUT2D eigenvalue weighted by Gasteiger charge is 2.33. The highest BCUT2D eigenvalue weighted by atomic mass is 32.2. The summed E-state index contributed by atoms with van der Waals surface area (Å²) >= 11 is 0. The number of hydrogen-bond donors (Lipinski definition) is 0. The third-order valence-corrected chi connectivity index (χ3v) is 7.02. The van der Waals surface area contributed by atoms with Crippen LogP contribution in [0.4, 0.5) is 5.69 Å². The summed E-state index contributed by atoms with van der Waals surface area (Å²) in [7, 11) is -3.90. The first-order valence-corrected chi connectivity index (χ1v) is 11.0. The zero-order valence-electron chi connectivity index (χ0n) is 16.3. The molecule has 7 nitrogen and oxygen atoms in total. The number of ether oxygens (including phenoxy) is 1. The van der Waals surface area contributed by atoms with Crippen LogP contribution in [0.1, 0.15) is 5.56 Å². The molecule has 3 heterocycles. The molecular weight excluding hydrogens is 412 g/mol. The monoisotopic (exact) mass is 428 g/mol. The van der Waals surface area contributed by atoms with E-state index in [0.717, 1.165) is 10.9 Å². The molecule has 5 rings (SSSR count). The summed E-state index contributed by atoms with van der Waals surface area (Å²) in [6.45, 7) is 0.370. The highest BCUT2D eigenvalue weighted by molar-refractivity contribution is 7.93. The normalized spacial score (nSPS) is 13.3. The van der Waals surface area contributed by atoms with Gasteiger partial charge in [-0.1, -0.05) is 30.3 Å². The fraction of sp³-hybridized carbons (Fsp3) is 0.0870. The van der Waals surface area contributed by atoms with Crippen LogP contribution in [0.5, 0.6) is 5.75 Å². The lowest BCUT2D eigenvalue weighted by Crippen LogP contribution is -2.38. The molecule has 8 heteroatoms. The van der Waals surface area contributed by atoms with Gasteiger partial charge in [-0.05, 0) is 29.8 Å². The molecule has 0 fully saturated rings. The number of sulfonamides is 1. The van der Waals surface area contributed by atoms with Gasteiger partial charge in [0, 0.05) is 23.3 Å². The van der Waals surface area contributed by atoms with E-state index in [2.05, 4.69) is 16.0 Å². The molecule has 0 unspecified atom stereocenters. The van der Waals surface area contributed by atoms with Crippen LogP contribution in [-0.4, -0.2) is 31.5 Å². The Bertz CT molecular complexity index is 1440. The van der Waals surface area contributed by atoms with Crippen molar-refractivity contribution in [1.82, 2.24) is 9.97 Å². The lowest BCUT2D eigenvalue weighted by Gasteiger charge is -2.31. The van der Waals surface area contributed by atoms with Gasteiger partial charge in [-0.3, -0.25) is 14.3 Å². The van der Waals surface area contributed by atoms with Crippen molar-refractivity contribution in [1.29, 1.82) is 5.26 Å².